The minimum absolute atomic E-state index is 0.0199. The second kappa shape index (κ2) is 2.45. The molecule has 0 amide bonds. The number of aryl methyl sites for hydroxylation is 1. The lowest BCUT2D eigenvalue weighted by molar-refractivity contribution is 0.585. The standard InChI is InChI=1S/C7H13N5/c1-12-7(9)10-6(11-12)5(8)4-2-3-4/h4-5H,2-3,8H2,1H3,(H2,9,10,11). The predicted octanol–water partition coefficient (Wildman–Crippen LogP) is -0.193. The van der Waals surface area contributed by atoms with E-state index in [-0.39, 0.29) is 6.04 Å². The van der Waals surface area contributed by atoms with Crippen LogP contribution in [0.4, 0.5) is 5.95 Å². The molecule has 66 valence electrons. The second-order valence-electron chi connectivity index (χ2n) is 3.32. The molecule has 1 saturated carbocycles. The van der Waals surface area contributed by atoms with E-state index >= 15 is 0 Å². The Morgan fingerprint density at radius 2 is 2.25 bits per heavy atom. The highest BCUT2D eigenvalue weighted by Crippen LogP contribution is 2.38. The minimum Gasteiger partial charge on any atom is -0.368 e. The van der Waals surface area contributed by atoms with Crippen LogP contribution in [0.25, 0.3) is 0 Å². The van der Waals surface area contributed by atoms with Gasteiger partial charge in [0, 0.05) is 7.05 Å². The Labute approximate surface area is 70.8 Å². The largest absolute Gasteiger partial charge is 0.368 e. The van der Waals surface area contributed by atoms with Gasteiger partial charge >= 0.3 is 0 Å². The summed E-state index contributed by atoms with van der Waals surface area (Å²) in [5.41, 5.74) is 11.4. The van der Waals surface area contributed by atoms with Gasteiger partial charge in [0.15, 0.2) is 5.82 Å². The molecule has 0 bridgehead atoms. The first-order valence-electron chi connectivity index (χ1n) is 4.10. The molecule has 4 N–H and O–H groups in total. The van der Waals surface area contributed by atoms with Crippen LogP contribution in [-0.4, -0.2) is 14.8 Å². The van der Waals surface area contributed by atoms with Crippen LogP contribution in [0.15, 0.2) is 0 Å². The number of hydrogen-bond acceptors (Lipinski definition) is 4. The van der Waals surface area contributed by atoms with Crippen LogP contribution in [-0.2, 0) is 7.05 Å². The summed E-state index contributed by atoms with van der Waals surface area (Å²) < 4.78 is 1.55. The lowest BCUT2D eigenvalue weighted by atomic mass is 10.2. The summed E-state index contributed by atoms with van der Waals surface area (Å²) in [6, 6.07) is -0.0199. The summed E-state index contributed by atoms with van der Waals surface area (Å²) in [6.07, 6.45) is 2.39. The zero-order chi connectivity index (χ0) is 8.72. The van der Waals surface area contributed by atoms with E-state index in [0.29, 0.717) is 17.7 Å². The molecule has 5 nitrogen and oxygen atoms in total. The molecule has 12 heavy (non-hydrogen) atoms. The van der Waals surface area contributed by atoms with E-state index < -0.39 is 0 Å². The summed E-state index contributed by atoms with van der Waals surface area (Å²) in [5, 5.41) is 4.13. The highest BCUT2D eigenvalue weighted by molar-refractivity contribution is 5.17. The fourth-order valence-corrected chi connectivity index (χ4v) is 1.22. The molecular weight excluding hydrogens is 154 g/mol. The Hall–Kier alpha value is -1.10. The topological polar surface area (TPSA) is 82.8 Å². The first-order valence-corrected chi connectivity index (χ1v) is 4.10. The Morgan fingerprint density at radius 1 is 1.58 bits per heavy atom. The Bertz CT molecular complexity index is 268. The maximum Gasteiger partial charge on any atom is 0.218 e. The molecule has 1 fully saturated rings. The monoisotopic (exact) mass is 167 g/mol. The third-order valence-corrected chi connectivity index (χ3v) is 2.24. The molecule has 1 aliphatic rings. The summed E-state index contributed by atoms with van der Waals surface area (Å²) in [6.45, 7) is 0. The van der Waals surface area contributed by atoms with Crippen molar-refractivity contribution in [3.63, 3.8) is 0 Å². The molecule has 2 rings (SSSR count). The van der Waals surface area contributed by atoms with Gasteiger partial charge in [-0.1, -0.05) is 0 Å². The van der Waals surface area contributed by atoms with E-state index in [2.05, 4.69) is 10.1 Å². The van der Waals surface area contributed by atoms with Crippen molar-refractivity contribution >= 4 is 5.95 Å². The van der Waals surface area contributed by atoms with E-state index in [1.807, 2.05) is 0 Å². The SMILES string of the molecule is Cn1nc(C(N)C2CC2)nc1N. The molecule has 0 aromatic carbocycles. The van der Waals surface area contributed by atoms with Crippen LogP contribution in [0.2, 0.25) is 0 Å². The minimum atomic E-state index is -0.0199. The second-order valence-corrected chi connectivity index (χ2v) is 3.32. The van der Waals surface area contributed by atoms with Gasteiger partial charge in [-0.25, -0.2) is 4.68 Å². The maximum absolute atomic E-state index is 5.89. The summed E-state index contributed by atoms with van der Waals surface area (Å²) in [4.78, 5) is 4.08. The van der Waals surface area contributed by atoms with Gasteiger partial charge in [0.05, 0.1) is 6.04 Å². The van der Waals surface area contributed by atoms with Crippen LogP contribution in [0.5, 0.6) is 0 Å². The van der Waals surface area contributed by atoms with Crippen LogP contribution < -0.4 is 11.5 Å². The summed E-state index contributed by atoms with van der Waals surface area (Å²) in [5.74, 6) is 1.69. The summed E-state index contributed by atoms with van der Waals surface area (Å²) >= 11 is 0. The zero-order valence-corrected chi connectivity index (χ0v) is 7.07. The molecule has 1 atom stereocenters. The van der Waals surface area contributed by atoms with Crippen LogP contribution >= 0.6 is 0 Å². The first kappa shape index (κ1) is 7.54. The van der Waals surface area contributed by atoms with Crippen molar-refractivity contribution in [1.29, 1.82) is 0 Å². The number of aromatic nitrogens is 3. The average molecular weight is 167 g/mol. The van der Waals surface area contributed by atoms with E-state index in [1.54, 1.807) is 11.7 Å². The number of nitrogens with two attached hydrogens (primary N) is 2. The quantitative estimate of drug-likeness (QED) is 0.639. The smallest absolute Gasteiger partial charge is 0.218 e. The van der Waals surface area contributed by atoms with Gasteiger partial charge in [0.25, 0.3) is 0 Å². The highest BCUT2D eigenvalue weighted by atomic mass is 15.4. The van der Waals surface area contributed by atoms with Gasteiger partial charge in [0.1, 0.15) is 0 Å². The van der Waals surface area contributed by atoms with Crippen molar-refractivity contribution in [2.45, 2.75) is 18.9 Å². The van der Waals surface area contributed by atoms with Gasteiger partial charge in [-0.15, -0.1) is 0 Å². The molecule has 0 radical (unpaired) electrons. The van der Waals surface area contributed by atoms with Gasteiger partial charge in [-0.2, -0.15) is 10.1 Å². The van der Waals surface area contributed by atoms with Crippen molar-refractivity contribution in [1.82, 2.24) is 14.8 Å². The fourth-order valence-electron chi connectivity index (χ4n) is 1.22. The Kier molecular flexibility index (Phi) is 1.54. The van der Waals surface area contributed by atoms with Crippen molar-refractivity contribution in [2.75, 3.05) is 5.73 Å². The van der Waals surface area contributed by atoms with Crippen molar-refractivity contribution in [2.24, 2.45) is 18.7 Å². The molecule has 1 aliphatic carbocycles. The van der Waals surface area contributed by atoms with Crippen molar-refractivity contribution in [3.05, 3.63) is 5.82 Å². The molecule has 1 aromatic heterocycles. The number of nitrogens with zero attached hydrogens (tertiary/aromatic N) is 3. The van der Waals surface area contributed by atoms with Crippen LogP contribution in [0.3, 0.4) is 0 Å². The number of hydrogen-bond donors (Lipinski definition) is 2. The lowest BCUT2D eigenvalue weighted by Crippen LogP contribution is -2.14. The van der Waals surface area contributed by atoms with E-state index in [9.17, 15) is 0 Å². The summed E-state index contributed by atoms with van der Waals surface area (Å²) in [7, 11) is 1.77. The highest BCUT2D eigenvalue weighted by Gasteiger charge is 2.32. The fraction of sp³-hybridized carbons (Fsp3) is 0.714. The maximum atomic E-state index is 5.89. The van der Waals surface area contributed by atoms with Crippen molar-refractivity contribution in [3.8, 4) is 0 Å². The molecule has 5 heteroatoms. The number of rotatable bonds is 2. The van der Waals surface area contributed by atoms with Crippen molar-refractivity contribution < 1.29 is 0 Å². The van der Waals surface area contributed by atoms with Gasteiger partial charge in [-0.05, 0) is 18.8 Å². The number of nitrogen functional groups attached to an aromatic ring is 1. The molecule has 1 unspecified atom stereocenters. The van der Waals surface area contributed by atoms with Gasteiger partial charge in [-0.3, -0.25) is 0 Å². The molecular formula is C7H13N5. The zero-order valence-electron chi connectivity index (χ0n) is 7.07. The average Bonchev–Trinajstić information content (AvgIpc) is 2.80. The van der Waals surface area contributed by atoms with Gasteiger partial charge in [0.2, 0.25) is 5.95 Å². The van der Waals surface area contributed by atoms with E-state index in [0.717, 1.165) is 0 Å². The molecule has 0 aliphatic heterocycles. The normalized spacial score (nSPS) is 19.5. The van der Waals surface area contributed by atoms with E-state index in [1.165, 1.54) is 12.8 Å². The molecule has 0 saturated heterocycles. The Morgan fingerprint density at radius 3 is 2.67 bits per heavy atom. The van der Waals surface area contributed by atoms with Crippen LogP contribution in [0.1, 0.15) is 24.7 Å². The Balaban J connectivity index is 2.21. The predicted molar refractivity (Wildman–Crippen MR) is 45.1 cm³/mol. The molecule has 1 aromatic rings. The molecule has 0 spiro atoms. The molecule has 1 heterocycles. The third kappa shape index (κ3) is 1.16. The van der Waals surface area contributed by atoms with E-state index in [4.69, 9.17) is 11.5 Å². The van der Waals surface area contributed by atoms with Crippen LogP contribution in [0, 0.1) is 5.92 Å². The van der Waals surface area contributed by atoms with Gasteiger partial charge < -0.3 is 11.5 Å². The first-order chi connectivity index (χ1) is 5.68. The third-order valence-electron chi connectivity index (χ3n) is 2.24. The number of anilines is 1. The lowest BCUT2D eigenvalue weighted by Gasteiger charge is -2.02.